The van der Waals surface area contributed by atoms with E-state index >= 15 is 0 Å². The Balaban J connectivity index is 2.03. The van der Waals surface area contributed by atoms with Gasteiger partial charge < -0.3 is 14.2 Å². The van der Waals surface area contributed by atoms with Crippen LogP contribution in [0.5, 0.6) is 5.88 Å². The molecule has 90 valence electrons. The van der Waals surface area contributed by atoms with Crippen LogP contribution >= 0.6 is 11.6 Å². The lowest BCUT2D eigenvalue weighted by atomic mass is 10.4. The molecular weight excluding hydrogens is 230 g/mol. The van der Waals surface area contributed by atoms with Crippen LogP contribution in [-0.2, 0) is 9.47 Å². The molecule has 0 saturated heterocycles. The first-order valence-electron chi connectivity index (χ1n) is 5.15. The lowest BCUT2D eigenvalue weighted by Crippen LogP contribution is -2.07. The third-order valence-corrected chi connectivity index (χ3v) is 2.01. The predicted octanol–water partition coefficient (Wildman–Crippen LogP) is 2.17. The van der Waals surface area contributed by atoms with Crippen molar-refractivity contribution in [2.24, 2.45) is 0 Å². The Morgan fingerprint density at radius 2 is 2.06 bits per heavy atom. The SMILES string of the molecule is COCCOCCCOc1cccc(Cl)n1. The highest BCUT2D eigenvalue weighted by molar-refractivity contribution is 6.29. The van der Waals surface area contributed by atoms with E-state index in [2.05, 4.69) is 4.98 Å². The highest BCUT2D eigenvalue weighted by atomic mass is 35.5. The molecule has 1 heterocycles. The number of hydrogen-bond acceptors (Lipinski definition) is 4. The van der Waals surface area contributed by atoms with Gasteiger partial charge in [0.1, 0.15) is 5.15 Å². The Bertz CT molecular complexity index is 296. The maximum atomic E-state index is 5.71. The molecule has 16 heavy (non-hydrogen) atoms. The molecule has 0 saturated carbocycles. The quantitative estimate of drug-likeness (QED) is 0.520. The molecular formula is C11H16ClNO3. The molecule has 0 N–H and O–H groups in total. The lowest BCUT2D eigenvalue weighted by molar-refractivity contribution is 0.0642. The zero-order chi connectivity index (χ0) is 11.6. The summed E-state index contributed by atoms with van der Waals surface area (Å²) in [5, 5.41) is 0.439. The summed E-state index contributed by atoms with van der Waals surface area (Å²) in [6.45, 7) is 2.47. The van der Waals surface area contributed by atoms with Crippen LogP contribution in [0.3, 0.4) is 0 Å². The van der Waals surface area contributed by atoms with Gasteiger partial charge in [0.2, 0.25) is 5.88 Å². The van der Waals surface area contributed by atoms with Crippen molar-refractivity contribution in [2.45, 2.75) is 6.42 Å². The largest absolute Gasteiger partial charge is 0.478 e. The zero-order valence-electron chi connectivity index (χ0n) is 9.32. The summed E-state index contributed by atoms with van der Waals surface area (Å²) >= 11 is 5.71. The smallest absolute Gasteiger partial charge is 0.214 e. The van der Waals surface area contributed by atoms with Gasteiger partial charge in [-0.1, -0.05) is 17.7 Å². The minimum absolute atomic E-state index is 0.439. The van der Waals surface area contributed by atoms with Crippen molar-refractivity contribution in [3.8, 4) is 5.88 Å². The third kappa shape index (κ3) is 5.90. The monoisotopic (exact) mass is 245 g/mol. The highest BCUT2D eigenvalue weighted by Crippen LogP contribution is 2.11. The average Bonchev–Trinajstić information content (AvgIpc) is 2.28. The van der Waals surface area contributed by atoms with Gasteiger partial charge >= 0.3 is 0 Å². The molecule has 5 heteroatoms. The zero-order valence-corrected chi connectivity index (χ0v) is 10.1. The summed E-state index contributed by atoms with van der Waals surface area (Å²) in [6.07, 6.45) is 0.817. The van der Waals surface area contributed by atoms with Gasteiger partial charge in [0.05, 0.1) is 19.8 Å². The van der Waals surface area contributed by atoms with Crippen molar-refractivity contribution >= 4 is 11.6 Å². The summed E-state index contributed by atoms with van der Waals surface area (Å²) in [5.74, 6) is 0.546. The number of rotatable bonds is 8. The van der Waals surface area contributed by atoms with Crippen LogP contribution in [0.2, 0.25) is 5.15 Å². The van der Waals surface area contributed by atoms with E-state index in [4.69, 9.17) is 25.8 Å². The number of aromatic nitrogens is 1. The number of ether oxygens (including phenoxy) is 3. The van der Waals surface area contributed by atoms with Crippen LogP contribution in [0.1, 0.15) is 6.42 Å². The summed E-state index contributed by atoms with van der Waals surface area (Å²) in [5.41, 5.74) is 0. The van der Waals surface area contributed by atoms with Crippen LogP contribution in [0.15, 0.2) is 18.2 Å². The van der Waals surface area contributed by atoms with Gasteiger partial charge in [0.15, 0.2) is 0 Å². The minimum atomic E-state index is 0.439. The number of nitrogens with zero attached hydrogens (tertiary/aromatic N) is 1. The van der Waals surface area contributed by atoms with E-state index in [9.17, 15) is 0 Å². The average molecular weight is 246 g/mol. The van der Waals surface area contributed by atoms with Crippen molar-refractivity contribution < 1.29 is 14.2 Å². The second-order valence-electron chi connectivity index (χ2n) is 3.11. The van der Waals surface area contributed by atoms with Crippen molar-refractivity contribution in [1.29, 1.82) is 0 Å². The highest BCUT2D eigenvalue weighted by Gasteiger charge is 1.96. The molecule has 0 atom stereocenters. The van der Waals surface area contributed by atoms with E-state index in [1.165, 1.54) is 0 Å². The normalized spacial score (nSPS) is 10.4. The van der Waals surface area contributed by atoms with E-state index in [-0.39, 0.29) is 0 Å². The van der Waals surface area contributed by atoms with Gasteiger partial charge in [0.25, 0.3) is 0 Å². The molecule has 0 aliphatic heterocycles. The minimum Gasteiger partial charge on any atom is -0.478 e. The standard InChI is InChI=1S/C11H16ClNO3/c1-14-8-9-15-6-3-7-16-11-5-2-4-10(12)13-11/h2,4-5H,3,6-9H2,1H3. The first-order valence-corrected chi connectivity index (χ1v) is 5.53. The van der Waals surface area contributed by atoms with Gasteiger partial charge in [0, 0.05) is 26.2 Å². The molecule has 4 nitrogen and oxygen atoms in total. The van der Waals surface area contributed by atoms with Gasteiger partial charge in [-0.05, 0) is 6.07 Å². The third-order valence-electron chi connectivity index (χ3n) is 1.80. The molecule has 0 bridgehead atoms. The van der Waals surface area contributed by atoms with Crippen molar-refractivity contribution in [3.63, 3.8) is 0 Å². The molecule has 1 aromatic rings. The predicted molar refractivity (Wildman–Crippen MR) is 62.1 cm³/mol. The topological polar surface area (TPSA) is 40.6 Å². The van der Waals surface area contributed by atoms with Crippen LogP contribution in [0, 0.1) is 0 Å². The Morgan fingerprint density at radius 3 is 2.81 bits per heavy atom. The van der Waals surface area contributed by atoms with Crippen molar-refractivity contribution in [1.82, 2.24) is 4.98 Å². The van der Waals surface area contributed by atoms with Gasteiger partial charge in [-0.2, -0.15) is 0 Å². The summed E-state index contributed by atoms with van der Waals surface area (Å²) in [7, 11) is 1.65. The molecule has 0 aliphatic rings. The Kier molecular flexibility index (Phi) is 6.88. The Hall–Kier alpha value is -0.840. The molecule has 1 aromatic heterocycles. The van der Waals surface area contributed by atoms with Crippen LogP contribution in [0.4, 0.5) is 0 Å². The molecule has 0 fully saturated rings. The van der Waals surface area contributed by atoms with Gasteiger partial charge in [-0.25, -0.2) is 4.98 Å². The van der Waals surface area contributed by atoms with E-state index < -0.39 is 0 Å². The number of hydrogen-bond donors (Lipinski definition) is 0. The second-order valence-corrected chi connectivity index (χ2v) is 3.49. The van der Waals surface area contributed by atoms with Gasteiger partial charge in [-0.15, -0.1) is 0 Å². The first-order chi connectivity index (χ1) is 7.83. The maximum Gasteiger partial charge on any atom is 0.214 e. The first kappa shape index (κ1) is 13.2. The molecule has 0 aliphatic carbocycles. The Labute approximate surface area is 100 Å². The van der Waals surface area contributed by atoms with E-state index in [0.29, 0.717) is 37.5 Å². The number of methoxy groups -OCH3 is 1. The lowest BCUT2D eigenvalue weighted by Gasteiger charge is -2.05. The van der Waals surface area contributed by atoms with E-state index in [0.717, 1.165) is 6.42 Å². The summed E-state index contributed by atoms with van der Waals surface area (Å²) in [6, 6.07) is 5.29. The molecule has 0 amide bonds. The van der Waals surface area contributed by atoms with Gasteiger partial charge in [-0.3, -0.25) is 0 Å². The van der Waals surface area contributed by atoms with E-state index in [1.807, 2.05) is 0 Å². The van der Waals surface area contributed by atoms with E-state index in [1.54, 1.807) is 25.3 Å². The fraction of sp³-hybridized carbons (Fsp3) is 0.545. The van der Waals surface area contributed by atoms with Crippen LogP contribution in [-0.4, -0.2) is 38.5 Å². The maximum absolute atomic E-state index is 5.71. The molecule has 0 aromatic carbocycles. The molecule has 0 spiro atoms. The Morgan fingerprint density at radius 1 is 1.19 bits per heavy atom. The molecule has 0 unspecified atom stereocenters. The molecule has 1 rings (SSSR count). The second kappa shape index (κ2) is 8.33. The van der Waals surface area contributed by atoms with Crippen LogP contribution < -0.4 is 4.74 Å². The van der Waals surface area contributed by atoms with Crippen molar-refractivity contribution in [2.75, 3.05) is 33.5 Å². The summed E-state index contributed by atoms with van der Waals surface area (Å²) in [4.78, 5) is 4.00. The van der Waals surface area contributed by atoms with Crippen LogP contribution in [0.25, 0.3) is 0 Å². The number of halogens is 1. The fourth-order valence-corrected chi connectivity index (χ4v) is 1.21. The fourth-order valence-electron chi connectivity index (χ4n) is 1.05. The number of pyridine rings is 1. The summed E-state index contributed by atoms with van der Waals surface area (Å²) < 4.78 is 15.5. The molecule has 0 radical (unpaired) electrons. The van der Waals surface area contributed by atoms with Crippen molar-refractivity contribution in [3.05, 3.63) is 23.4 Å².